The summed E-state index contributed by atoms with van der Waals surface area (Å²) in [6, 6.07) is 11.6. The van der Waals surface area contributed by atoms with Gasteiger partial charge in [-0.3, -0.25) is 4.79 Å². The summed E-state index contributed by atoms with van der Waals surface area (Å²) in [5.41, 5.74) is 1.29. The first kappa shape index (κ1) is 14.6. The molecule has 2 nitrogen and oxygen atoms in total. The fraction of sp³-hybridized carbons (Fsp3) is 0.188. The van der Waals surface area contributed by atoms with Crippen molar-refractivity contribution >= 4 is 17.5 Å². The molecule has 0 heterocycles. The molecule has 0 aliphatic carbocycles. The lowest BCUT2D eigenvalue weighted by atomic mass is 10.1. The van der Waals surface area contributed by atoms with Crippen LogP contribution in [0.15, 0.2) is 47.4 Å². The zero-order chi connectivity index (χ0) is 14.5. The predicted molar refractivity (Wildman–Crippen MR) is 79.2 cm³/mol. The van der Waals surface area contributed by atoms with Crippen molar-refractivity contribution in [3.8, 4) is 5.75 Å². The van der Waals surface area contributed by atoms with Crippen LogP contribution in [0.5, 0.6) is 5.75 Å². The summed E-state index contributed by atoms with van der Waals surface area (Å²) in [5.74, 6) is 0.121. The molecule has 2 aromatic rings. The SMILES string of the molecule is CSc1ccc(C(=O)COc2ccc(F)cc2C)cc1. The number of ether oxygens (including phenoxy) is 1. The highest BCUT2D eigenvalue weighted by atomic mass is 32.2. The molecule has 4 heteroatoms. The number of aryl methyl sites for hydroxylation is 1. The quantitative estimate of drug-likeness (QED) is 0.612. The first-order chi connectivity index (χ1) is 9.60. The van der Waals surface area contributed by atoms with Crippen molar-refractivity contribution in [3.63, 3.8) is 0 Å². The Bertz CT molecular complexity index is 608. The van der Waals surface area contributed by atoms with Gasteiger partial charge in [0.1, 0.15) is 11.6 Å². The van der Waals surface area contributed by atoms with Gasteiger partial charge in [0.05, 0.1) is 0 Å². The molecular formula is C16H15FO2S. The van der Waals surface area contributed by atoms with Crippen LogP contribution in [0, 0.1) is 12.7 Å². The summed E-state index contributed by atoms with van der Waals surface area (Å²) < 4.78 is 18.4. The lowest BCUT2D eigenvalue weighted by Crippen LogP contribution is -2.12. The van der Waals surface area contributed by atoms with Crippen molar-refractivity contribution in [2.75, 3.05) is 12.9 Å². The summed E-state index contributed by atoms with van der Waals surface area (Å²) in [6.07, 6.45) is 1.98. The zero-order valence-corrected chi connectivity index (χ0v) is 12.2. The average Bonchev–Trinajstić information content (AvgIpc) is 2.46. The molecular weight excluding hydrogens is 275 g/mol. The first-order valence-electron chi connectivity index (χ1n) is 6.16. The van der Waals surface area contributed by atoms with Crippen molar-refractivity contribution in [2.45, 2.75) is 11.8 Å². The second-order valence-electron chi connectivity index (χ2n) is 4.35. The molecule has 0 bridgehead atoms. The minimum atomic E-state index is -0.311. The van der Waals surface area contributed by atoms with E-state index in [2.05, 4.69) is 0 Å². The van der Waals surface area contributed by atoms with Crippen molar-refractivity contribution in [3.05, 3.63) is 59.4 Å². The molecule has 0 aromatic heterocycles. The molecule has 104 valence electrons. The Morgan fingerprint density at radius 1 is 1.20 bits per heavy atom. The van der Waals surface area contributed by atoms with Crippen LogP contribution in [0.25, 0.3) is 0 Å². The number of hydrogen-bond acceptors (Lipinski definition) is 3. The number of benzene rings is 2. The van der Waals surface area contributed by atoms with E-state index in [1.807, 2.05) is 18.4 Å². The highest BCUT2D eigenvalue weighted by molar-refractivity contribution is 7.98. The fourth-order valence-electron chi connectivity index (χ4n) is 1.78. The normalized spacial score (nSPS) is 10.3. The second-order valence-corrected chi connectivity index (χ2v) is 5.23. The lowest BCUT2D eigenvalue weighted by Gasteiger charge is -2.08. The van der Waals surface area contributed by atoms with Crippen LogP contribution in [0.3, 0.4) is 0 Å². The number of rotatable bonds is 5. The van der Waals surface area contributed by atoms with E-state index >= 15 is 0 Å². The molecule has 0 aliphatic rings. The van der Waals surface area contributed by atoms with E-state index in [4.69, 9.17) is 4.74 Å². The van der Waals surface area contributed by atoms with E-state index in [9.17, 15) is 9.18 Å². The summed E-state index contributed by atoms with van der Waals surface area (Å²) in [6.45, 7) is 1.70. The highest BCUT2D eigenvalue weighted by Crippen LogP contribution is 2.19. The van der Waals surface area contributed by atoms with Gasteiger partial charge in [-0.05, 0) is 49.1 Å². The number of halogens is 1. The Kier molecular flexibility index (Phi) is 4.79. The van der Waals surface area contributed by atoms with E-state index in [0.29, 0.717) is 16.9 Å². The van der Waals surface area contributed by atoms with E-state index in [1.165, 1.54) is 18.2 Å². The van der Waals surface area contributed by atoms with Crippen LogP contribution in [0.1, 0.15) is 15.9 Å². The molecule has 0 saturated carbocycles. The number of Topliss-reactive ketones (excluding diaryl/α,β-unsaturated/α-hetero) is 1. The van der Waals surface area contributed by atoms with Crippen molar-refractivity contribution in [1.29, 1.82) is 0 Å². The van der Waals surface area contributed by atoms with Gasteiger partial charge in [0.15, 0.2) is 12.4 Å². The van der Waals surface area contributed by atoms with Crippen LogP contribution < -0.4 is 4.74 Å². The van der Waals surface area contributed by atoms with E-state index in [1.54, 1.807) is 30.8 Å². The topological polar surface area (TPSA) is 26.3 Å². The molecule has 20 heavy (non-hydrogen) atoms. The summed E-state index contributed by atoms with van der Waals surface area (Å²) in [4.78, 5) is 13.1. The third-order valence-electron chi connectivity index (χ3n) is 2.91. The van der Waals surface area contributed by atoms with Gasteiger partial charge in [0.2, 0.25) is 0 Å². The summed E-state index contributed by atoms with van der Waals surface area (Å²) in [5, 5.41) is 0. The molecule has 2 rings (SSSR count). The molecule has 0 fully saturated rings. The van der Waals surface area contributed by atoms with Gasteiger partial charge in [-0.1, -0.05) is 12.1 Å². The van der Waals surface area contributed by atoms with Crippen molar-refractivity contribution < 1.29 is 13.9 Å². The fourth-order valence-corrected chi connectivity index (χ4v) is 2.19. The van der Waals surface area contributed by atoms with E-state index in [0.717, 1.165) is 4.90 Å². The van der Waals surface area contributed by atoms with Crippen LogP contribution in [-0.4, -0.2) is 18.6 Å². The van der Waals surface area contributed by atoms with Crippen LogP contribution in [-0.2, 0) is 0 Å². The van der Waals surface area contributed by atoms with Gasteiger partial charge >= 0.3 is 0 Å². The lowest BCUT2D eigenvalue weighted by molar-refractivity contribution is 0.0921. The monoisotopic (exact) mass is 290 g/mol. The maximum atomic E-state index is 13.0. The summed E-state index contributed by atoms with van der Waals surface area (Å²) in [7, 11) is 0. The van der Waals surface area contributed by atoms with Gasteiger partial charge in [-0.15, -0.1) is 11.8 Å². The van der Waals surface area contributed by atoms with E-state index in [-0.39, 0.29) is 18.2 Å². The number of thioether (sulfide) groups is 1. The van der Waals surface area contributed by atoms with Gasteiger partial charge in [-0.25, -0.2) is 4.39 Å². The first-order valence-corrected chi connectivity index (χ1v) is 7.39. The highest BCUT2D eigenvalue weighted by Gasteiger charge is 2.08. The number of ketones is 1. The molecule has 0 N–H and O–H groups in total. The van der Waals surface area contributed by atoms with E-state index < -0.39 is 0 Å². The predicted octanol–water partition coefficient (Wildman–Crippen LogP) is 4.12. The molecule has 0 spiro atoms. The van der Waals surface area contributed by atoms with Gasteiger partial charge < -0.3 is 4.74 Å². The van der Waals surface area contributed by atoms with Crippen molar-refractivity contribution in [1.82, 2.24) is 0 Å². The molecule has 2 aromatic carbocycles. The summed E-state index contributed by atoms with van der Waals surface area (Å²) >= 11 is 1.62. The molecule has 0 unspecified atom stereocenters. The van der Waals surface area contributed by atoms with Gasteiger partial charge in [-0.2, -0.15) is 0 Å². The van der Waals surface area contributed by atoms with Crippen LogP contribution in [0.4, 0.5) is 4.39 Å². The maximum absolute atomic E-state index is 13.0. The van der Waals surface area contributed by atoms with Crippen LogP contribution in [0.2, 0.25) is 0 Å². The minimum absolute atomic E-state index is 0.0505. The number of carbonyl (C=O) groups is 1. The molecule has 0 saturated heterocycles. The van der Waals surface area contributed by atoms with Gasteiger partial charge in [0, 0.05) is 10.5 Å². The Labute approximate surface area is 122 Å². The molecule has 0 amide bonds. The minimum Gasteiger partial charge on any atom is -0.485 e. The smallest absolute Gasteiger partial charge is 0.200 e. The third-order valence-corrected chi connectivity index (χ3v) is 3.65. The van der Waals surface area contributed by atoms with Gasteiger partial charge in [0.25, 0.3) is 0 Å². The Morgan fingerprint density at radius 3 is 2.50 bits per heavy atom. The number of hydrogen-bond donors (Lipinski definition) is 0. The maximum Gasteiger partial charge on any atom is 0.200 e. The Morgan fingerprint density at radius 2 is 1.90 bits per heavy atom. The number of carbonyl (C=O) groups excluding carboxylic acids is 1. The molecule has 0 radical (unpaired) electrons. The second kappa shape index (κ2) is 6.57. The largest absolute Gasteiger partial charge is 0.485 e. The zero-order valence-electron chi connectivity index (χ0n) is 11.4. The standard InChI is InChI=1S/C16H15FO2S/c1-11-9-13(17)5-8-16(11)19-10-15(18)12-3-6-14(20-2)7-4-12/h3-9H,10H2,1-2H3. The van der Waals surface area contributed by atoms with Crippen LogP contribution >= 0.6 is 11.8 Å². The average molecular weight is 290 g/mol. The Hall–Kier alpha value is -1.81. The third kappa shape index (κ3) is 3.61. The van der Waals surface area contributed by atoms with Crippen molar-refractivity contribution in [2.24, 2.45) is 0 Å². The Balaban J connectivity index is 2.00. The molecule has 0 atom stereocenters. The molecule has 0 aliphatic heterocycles.